The summed E-state index contributed by atoms with van der Waals surface area (Å²) < 4.78 is 0. The maximum Gasteiger partial charge on any atom is 0.137 e. The first-order valence-corrected chi connectivity index (χ1v) is 20.5. The van der Waals surface area contributed by atoms with Crippen LogP contribution >= 0.6 is 0 Å². The fraction of sp³-hybridized carbons (Fsp3) is 0.148. The van der Waals surface area contributed by atoms with Gasteiger partial charge in [0.2, 0.25) is 0 Å². The Balaban J connectivity index is 1.39. The number of anilines is 6. The second-order valence-electron chi connectivity index (χ2n) is 17.3. The maximum absolute atomic E-state index is 4.84. The van der Waals surface area contributed by atoms with Gasteiger partial charge in [-0.25, -0.2) is 9.97 Å². The molecule has 9 rings (SSSR count). The molecule has 0 aliphatic carbocycles. The number of hydrogen-bond donors (Lipinski definition) is 0. The van der Waals surface area contributed by atoms with Gasteiger partial charge in [0, 0.05) is 48.6 Å². The lowest BCUT2D eigenvalue weighted by atomic mass is 9.82. The van der Waals surface area contributed by atoms with Crippen LogP contribution in [-0.2, 0) is 10.8 Å². The van der Waals surface area contributed by atoms with Crippen LogP contribution in [0.15, 0.2) is 183 Å². The lowest BCUT2D eigenvalue weighted by Gasteiger charge is -2.27. The molecular formula is C54H48N6. The summed E-state index contributed by atoms with van der Waals surface area (Å²) in [6, 6.07) is 52.3. The van der Waals surface area contributed by atoms with E-state index in [1.807, 2.05) is 85.7 Å². The Morgan fingerprint density at radius 3 is 1.07 bits per heavy atom. The molecule has 60 heavy (non-hydrogen) atoms. The number of benzene rings is 5. The van der Waals surface area contributed by atoms with Crippen molar-refractivity contribution in [3.05, 3.63) is 194 Å². The molecule has 9 aromatic rings. The van der Waals surface area contributed by atoms with Crippen molar-refractivity contribution in [1.82, 2.24) is 19.9 Å². The molecule has 294 valence electrons. The fourth-order valence-electron chi connectivity index (χ4n) is 8.16. The molecule has 0 unspecified atom stereocenters. The van der Waals surface area contributed by atoms with Crippen LogP contribution in [0.2, 0.25) is 0 Å². The van der Waals surface area contributed by atoms with Crippen LogP contribution in [0, 0.1) is 0 Å². The zero-order valence-corrected chi connectivity index (χ0v) is 35.0. The molecule has 0 amide bonds. The van der Waals surface area contributed by atoms with Crippen LogP contribution < -0.4 is 9.80 Å². The van der Waals surface area contributed by atoms with Crippen LogP contribution in [0.25, 0.3) is 43.8 Å². The lowest BCUT2D eigenvalue weighted by Crippen LogP contribution is -2.12. The van der Waals surface area contributed by atoms with Gasteiger partial charge in [-0.05, 0) is 139 Å². The summed E-state index contributed by atoms with van der Waals surface area (Å²) in [5, 5.41) is 4.62. The number of fused-ring (bicyclic) bond motifs is 2. The molecule has 6 nitrogen and oxygen atoms in total. The summed E-state index contributed by atoms with van der Waals surface area (Å²) in [5.41, 5.74) is 11.2. The molecule has 0 radical (unpaired) electrons. The lowest BCUT2D eigenvalue weighted by molar-refractivity contribution is 0.590. The molecule has 6 heteroatoms. The van der Waals surface area contributed by atoms with E-state index >= 15 is 0 Å². The van der Waals surface area contributed by atoms with E-state index < -0.39 is 0 Å². The molecule has 4 aromatic heterocycles. The standard InChI is InChI=1S/C54H48N6/c1-53(2,3)39-17-13-37(14-18-39)51-45-23-21-44(60(42-27-33-56-34-28-42)50-12-8-10-30-58-50)36-48(45)52(38-15-19-40(20-16-38)54(4,5)6)46-24-22-43(35-47(46)51)59(41-25-31-55-32-26-41)49-11-7-9-29-57-49/h7-36H,1-6H3. The Kier molecular flexibility index (Phi) is 9.93. The Bertz CT molecular complexity index is 2620. The first kappa shape index (κ1) is 38.3. The van der Waals surface area contributed by atoms with E-state index in [-0.39, 0.29) is 10.8 Å². The van der Waals surface area contributed by atoms with Crippen molar-refractivity contribution in [2.75, 3.05) is 9.80 Å². The molecular weight excluding hydrogens is 733 g/mol. The Morgan fingerprint density at radius 1 is 0.350 bits per heavy atom. The van der Waals surface area contributed by atoms with Crippen molar-refractivity contribution in [3.63, 3.8) is 0 Å². The highest BCUT2D eigenvalue weighted by atomic mass is 15.2. The summed E-state index contributed by atoms with van der Waals surface area (Å²) in [5.74, 6) is 1.65. The summed E-state index contributed by atoms with van der Waals surface area (Å²) in [6.07, 6.45) is 11.0. The third kappa shape index (κ3) is 7.37. The molecule has 0 aliphatic heterocycles. The molecule has 4 heterocycles. The number of hydrogen-bond acceptors (Lipinski definition) is 6. The Morgan fingerprint density at radius 2 is 0.733 bits per heavy atom. The first-order chi connectivity index (χ1) is 29.0. The molecule has 0 atom stereocenters. The van der Waals surface area contributed by atoms with Gasteiger partial charge < -0.3 is 0 Å². The quantitative estimate of drug-likeness (QED) is 0.143. The van der Waals surface area contributed by atoms with Gasteiger partial charge in [0.15, 0.2) is 0 Å². The van der Waals surface area contributed by atoms with Gasteiger partial charge in [-0.15, -0.1) is 0 Å². The van der Waals surface area contributed by atoms with Crippen molar-refractivity contribution in [2.45, 2.75) is 52.4 Å². The van der Waals surface area contributed by atoms with E-state index in [4.69, 9.17) is 9.97 Å². The third-order valence-corrected chi connectivity index (χ3v) is 11.3. The second-order valence-corrected chi connectivity index (χ2v) is 17.3. The van der Waals surface area contributed by atoms with Gasteiger partial charge in [0.1, 0.15) is 11.6 Å². The fourth-order valence-corrected chi connectivity index (χ4v) is 8.16. The largest absolute Gasteiger partial charge is 0.295 e. The van der Waals surface area contributed by atoms with E-state index in [9.17, 15) is 0 Å². The minimum absolute atomic E-state index is 0.0173. The summed E-state index contributed by atoms with van der Waals surface area (Å²) >= 11 is 0. The third-order valence-electron chi connectivity index (χ3n) is 11.3. The number of pyridine rings is 4. The summed E-state index contributed by atoms with van der Waals surface area (Å²) in [6.45, 7) is 13.6. The molecule has 5 aromatic carbocycles. The molecule has 0 N–H and O–H groups in total. The number of rotatable bonds is 8. The van der Waals surface area contributed by atoms with E-state index in [0.717, 1.165) is 67.1 Å². The predicted octanol–water partition coefficient (Wildman–Crippen LogP) is 14.4. The highest BCUT2D eigenvalue weighted by Crippen LogP contribution is 2.48. The highest BCUT2D eigenvalue weighted by molar-refractivity contribution is 6.22. The van der Waals surface area contributed by atoms with E-state index in [0.29, 0.717) is 0 Å². The summed E-state index contributed by atoms with van der Waals surface area (Å²) in [4.78, 5) is 22.8. The zero-order valence-electron chi connectivity index (χ0n) is 35.0. The van der Waals surface area contributed by atoms with Crippen LogP contribution in [0.5, 0.6) is 0 Å². The highest BCUT2D eigenvalue weighted by Gasteiger charge is 2.24. The SMILES string of the molecule is CC(C)(C)c1ccc(-c2c3ccc(N(c4ccncc4)c4ccccn4)cc3c(-c3ccc(C(C)(C)C)cc3)c3ccc(N(c4ccncc4)c4ccccn4)cc23)cc1. The van der Waals surface area contributed by atoms with Gasteiger partial charge in [0.25, 0.3) is 0 Å². The van der Waals surface area contributed by atoms with Gasteiger partial charge in [-0.3, -0.25) is 19.8 Å². The van der Waals surface area contributed by atoms with E-state index in [1.165, 1.54) is 22.3 Å². The predicted molar refractivity (Wildman–Crippen MR) is 250 cm³/mol. The minimum Gasteiger partial charge on any atom is -0.295 e. The zero-order chi connectivity index (χ0) is 41.4. The molecule has 0 saturated carbocycles. The molecule has 0 fully saturated rings. The maximum atomic E-state index is 4.84. The second kappa shape index (κ2) is 15.5. The van der Waals surface area contributed by atoms with Crippen LogP contribution in [-0.4, -0.2) is 19.9 Å². The van der Waals surface area contributed by atoms with E-state index in [2.05, 4.69) is 158 Å². The van der Waals surface area contributed by atoms with E-state index in [1.54, 1.807) is 0 Å². The first-order valence-electron chi connectivity index (χ1n) is 20.5. The van der Waals surface area contributed by atoms with Gasteiger partial charge >= 0.3 is 0 Å². The topological polar surface area (TPSA) is 58.0 Å². The molecule has 0 aliphatic rings. The average molecular weight is 781 g/mol. The van der Waals surface area contributed by atoms with Crippen molar-refractivity contribution < 1.29 is 0 Å². The Hall–Kier alpha value is -7.18. The van der Waals surface area contributed by atoms with Crippen molar-refractivity contribution in [1.29, 1.82) is 0 Å². The van der Waals surface area contributed by atoms with Gasteiger partial charge in [0.05, 0.1) is 11.4 Å². The monoisotopic (exact) mass is 780 g/mol. The van der Waals surface area contributed by atoms with Crippen LogP contribution in [0.3, 0.4) is 0 Å². The van der Waals surface area contributed by atoms with Crippen molar-refractivity contribution in [2.24, 2.45) is 0 Å². The Labute approximate surface area is 352 Å². The van der Waals surface area contributed by atoms with Crippen LogP contribution in [0.1, 0.15) is 52.7 Å². The number of nitrogens with zero attached hydrogens (tertiary/aromatic N) is 6. The smallest absolute Gasteiger partial charge is 0.137 e. The van der Waals surface area contributed by atoms with Gasteiger partial charge in [-0.1, -0.05) is 114 Å². The number of aromatic nitrogens is 4. The molecule has 0 spiro atoms. The molecule has 0 saturated heterocycles. The van der Waals surface area contributed by atoms with Crippen LogP contribution in [0.4, 0.5) is 34.4 Å². The average Bonchev–Trinajstić information content (AvgIpc) is 3.27. The minimum atomic E-state index is 0.0173. The van der Waals surface area contributed by atoms with Crippen molar-refractivity contribution in [3.8, 4) is 22.3 Å². The van der Waals surface area contributed by atoms with Gasteiger partial charge in [-0.2, -0.15) is 0 Å². The normalized spacial score (nSPS) is 11.8. The summed E-state index contributed by atoms with van der Waals surface area (Å²) in [7, 11) is 0. The molecule has 0 bridgehead atoms. The van der Waals surface area contributed by atoms with Crippen molar-refractivity contribution >= 4 is 55.9 Å².